The molecular weight excluding hydrogens is 454 g/mol. The number of carbonyl (C=O) groups excluding carboxylic acids is 4. The van der Waals surface area contributed by atoms with Crippen LogP contribution >= 0.6 is 0 Å². The number of rotatable bonds is 11. The zero-order valence-corrected chi connectivity index (χ0v) is 21.8. The van der Waals surface area contributed by atoms with Crippen LogP contribution in [0.15, 0.2) is 24.3 Å². The highest BCUT2D eigenvalue weighted by molar-refractivity contribution is 5.91. The molecule has 0 spiro atoms. The third-order valence-electron chi connectivity index (χ3n) is 5.20. The molecule has 0 radical (unpaired) electrons. The molecule has 0 aliphatic carbocycles. The van der Waals surface area contributed by atoms with Gasteiger partial charge >= 0.3 is 12.1 Å². The number of alkyl carbamates (subject to hydrolysis) is 1. The Bertz CT molecular complexity index is 893. The number of phenolic OH excluding ortho intramolecular Hbond substituents is 1. The molecular formula is C25H39N3O7. The van der Waals surface area contributed by atoms with Gasteiger partial charge in [0.25, 0.3) is 0 Å². The van der Waals surface area contributed by atoms with E-state index in [-0.39, 0.29) is 25.3 Å². The van der Waals surface area contributed by atoms with E-state index in [1.54, 1.807) is 53.7 Å². The van der Waals surface area contributed by atoms with Crippen molar-refractivity contribution in [2.75, 3.05) is 19.7 Å². The Morgan fingerprint density at radius 2 is 1.71 bits per heavy atom. The number of nitrogens with zero attached hydrogens (tertiary/aromatic N) is 1. The Morgan fingerprint density at radius 1 is 1.06 bits per heavy atom. The number of nitrogens with one attached hydrogen (secondary N) is 2. The average Bonchev–Trinajstić information content (AvgIpc) is 2.74. The van der Waals surface area contributed by atoms with Crippen LogP contribution in [0.3, 0.4) is 0 Å². The second-order valence-corrected chi connectivity index (χ2v) is 9.63. The van der Waals surface area contributed by atoms with Gasteiger partial charge in [0, 0.05) is 12.1 Å². The van der Waals surface area contributed by atoms with E-state index < -0.39 is 47.6 Å². The second-order valence-electron chi connectivity index (χ2n) is 9.63. The van der Waals surface area contributed by atoms with Gasteiger partial charge in [-0.25, -0.2) is 4.79 Å². The van der Waals surface area contributed by atoms with Crippen LogP contribution in [0.1, 0.15) is 72.9 Å². The lowest BCUT2D eigenvalue weighted by Crippen LogP contribution is -2.56. The van der Waals surface area contributed by atoms with Gasteiger partial charge in [-0.05, 0) is 65.7 Å². The molecule has 1 aromatic carbocycles. The number of ether oxygens (including phenoxy) is 2. The predicted octanol–water partition coefficient (Wildman–Crippen LogP) is 3.04. The van der Waals surface area contributed by atoms with Gasteiger partial charge in [0.2, 0.25) is 11.8 Å². The van der Waals surface area contributed by atoms with E-state index in [0.29, 0.717) is 12.0 Å². The minimum atomic E-state index is -1.13. The van der Waals surface area contributed by atoms with Crippen molar-refractivity contribution >= 4 is 23.9 Å². The van der Waals surface area contributed by atoms with E-state index in [2.05, 4.69) is 10.6 Å². The smallest absolute Gasteiger partial charge is 0.408 e. The monoisotopic (exact) mass is 493 g/mol. The fourth-order valence-corrected chi connectivity index (χ4v) is 3.28. The summed E-state index contributed by atoms with van der Waals surface area (Å²) in [6.07, 6.45) is -0.290. The summed E-state index contributed by atoms with van der Waals surface area (Å²) in [6.45, 7) is 12.1. The van der Waals surface area contributed by atoms with Gasteiger partial charge in [-0.15, -0.1) is 0 Å². The van der Waals surface area contributed by atoms with Gasteiger partial charge in [-0.1, -0.05) is 19.1 Å². The van der Waals surface area contributed by atoms with Crippen molar-refractivity contribution in [1.29, 1.82) is 0 Å². The van der Waals surface area contributed by atoms with Crippen LogP contribution in [0.4, 0.5) is 4.79 Å². The van der Waals surface area contributed by atoms with Gasteiger partial charge < -0.3 is 30.1 Å². The normalized spacial score (nSPS) is 12.3. The lowest BCUT2D eigenvalue weighted by atomic mass is 9.93. The second kappa shape index (κ2) is 13.0. The first-order chi connectivity index (χ1) is 16.2. The fourth-order valence-electron chi connectivity index (χ4n) is 3.28. The van der Waals surface area contributed by atoms with Gasteiger partial charge in [0.1, 0.15) is 23.9 Å². The Balaban J connectivity index is 3.27. The molecule has 0 saturated heterocycles. The standard InChI is InChI=1S/C25H39N3O7/c1-8-25(6,7)28(19(30)16-27-23(33)35-24(3,4)5)21(17-11-10-12-18(29)15-17)22(32)26-14-13-20(31)34-9-2/h10-12,15,21,29H,8-9,13-14,16H2,1-7H3,(H,26,32)(H,27,33). The maximum atomic E-state index is 13.4. The van der Waals surface area contributed by atoms with E-state index in [9.17, 15) is 24.3 Å². The summed E-state index contributed by atoms with van der Waals surface area (Å²) in [7, 11) is 0. The fraction of sp³-hybridized carbons (Fsp3) is 0.600. The quantitative estimate of drug-likeness (QED) is 0.403. The van der Waals surface area contributed by atoms with Crippen molar-refractivity contribution in [2.24, 2.45) is 0 Å². The van der Waals surface area contributed by atoms with Crippen LogP contribution in [0, 0.1) is 0 Å². The van der Waals surface area contributed by atoms with E-state index >= 15 is 0 Å². The molecule has 10 heteroatoms. The molecule has 3 N–H and O–H groups in total. The zero-order valence-electron chi connectivity index (χ0n) is 21.8. The molecule has 0 heterocycles. The Morgan fingerprint density at radius 3 is 2.26 bits per heavy atom. The first-order valence-electron chi connectivity index (χ1n) is 11.7. The predicted molar refractivity (Wildman–Crippen MR) is 131 cm³/mol. The Kier molecular flexibility index (Phi) is 11.0. The van der Waals surface area contributed by atoms with Crippen molar-refractivity contribution < 1.29 is 33.8 Å². The molecule has 0 bridgehead atoms. The van der Waals surface area contributed by atoms with Crippen LogP contribution in [0.25, 0.3) is 0 Å². The van der Waals surface area contributed by atoms with Crippen molar-refractivity contribution in [3.63, 3.8) is 0 Å². The largest absolute Gasteiger partial charge is 0.508 e. The number of benzene rings is 1. The first kappa shape index (κ1) is 29.7. The molecule has 0 aliphatic heterocycles. The summed E-state index contributed by atoms with van der Waals surface area (Å²) in [5.41, 5.74) is -1.16. The molecule has 0 fully saturated rings. The highest BCUT2D eigenvalue weighted by atomic mass is 16.6. The molecule has 0 saturated carbocycles. The van der Waals surface area contributed by atoms with Gasteiger partial charge in [0.05, 0.1) is 13.0 Å². The maximum absolute atomic E-state index is 13.4. The van der Waals surface area contributed by atoms with E-state index in [4.69, 9.17) is 9.47 Å². The minimum absolute atomic E-state index is 0.0116. The van der Waals surface area contributed by atoms with Crippen LogP contribution in [0.2, 0.25) is 0 Å². The van der Waals surface area contributed by atoms with Crippen LogP contribution in [0.5, 0.6) is 5.75 Å². The summed E-state index contributed by atoms with van der Waals surface area (Å²) in [4.78, 5) is 52.0. The molecule has 196 valence electrons. The van der Waals surface area contributed by atoms with Gasteiger partial charge in [-0.2, -0.15) is 0 Å². The Labute approximate surface area is 207 Å². The van der Waals surface area contributed by atoms with E-state index in [1.807, 2.05) is 6.92 Å². The zero-order chi connectivity index (χ0) is 26.8. The first-order valence-corrected chi connectivity index (χ1v) is 11.7. The highest BCUT2D eigenvalue weighted by Gasteiger charge is 2.40. The van der Waals surface area contributed by atoms with Crippen molar-refractivity contribution in [2.45, 2.75) is 78.5 Å². The number of hydrogen-bond acceptors (Lipinski definition) is 7. The number of aromatic hydroxyl groups is 1. The molecule has 1 rings (SSSR count). The number of amides is 3. The molecule has 1 atom stereocenters. The number of carbonyl (C=O) groups is 4. The summed E-state index contributed by atoms with van der Waals surface area (Å²) in [5.74, 6) is -1.57. The van der Waals surface area contributed by atoms with Crippen molar-refractivity contribution in [3.8, 4) is 5.75 Å². The molecule has 0 aromatic heterocycles. The summed E-state index contributed by atoms with van der Waals surface area (Å²) < 4.78 is 10.1. The number of hydrogen-bond donors (Lipinski definition) is 3. The van der Waals surface area contributed by atoms with Crippen molar-refractivity contribution in [3.05, 3.63) is 29.8 Å². The topological polar surface area (TPSA) is 134 Å². The Hall–Kier alpha value is -3.30. The van der Waals surface area contributed by atoms with Gasteiger partial charge in [-0.3, -0.25) is 14.4 Å². The highest BCUT2D eigenvalue weighted by Crippen LogP contribution is 2.32. The van der Waals surface area contributed by atoms with Crippen molar-refractivity contribution in [1.82, 2.24) is 15.5 Å². The lowest BCUT2D eigenvalue weighted by Gasteiger charge is -2.43. The number of esters is 1. The van der Waals surface area contributed by atoms with E-state index in [0.717, 1.165) is 0 Å². The molecule has 0 aliphatic rings. The van der Waals surface area contributed by atoms with Crippen LogP contribution < -0.4 is 10.6 Å². The lowest BCUT2D eigenvalue weighted by molar-refractivity contribution is -0.147. The van der Waals surface area contributed by atoms with Crippen LogP contribution in [-0.2, 0) is 23.9 Å². The minimum Gasteiger partial charge on any atom is -0.508 e. The molecule has 1 unspecified atom stereocenters. The molecule has 35 heavy (non-hydrogen) atoms. The van der Waals surface area contributed by atoms with Gasteiger partial charge in [0.15, 0.2) is 0 Å². The summed E-state index contributed by atoms with van der Waals surface area (Å²) in [5, 5.41) is 15.2. The van der Waals surface area contributed by atoms with E-state index in [1.165, 1.54) is 17.0 Å². The maximum Gasteiger partial charge on any atom is 0.408 e. The molecule has 10 nitrogen and oxygen atoms in total. The SMILES string of the molecule is CCOC(=O)CCNC(=O)C(c1cccc(O)c1)N(C(=O)CNC(=O)OC(C)(C)C)C(C)(C)CC. The number of phenols is 1. The summed E-state index contributed by atoms with van der Waals surface area (Å²) in [6, 6.07) is 4.93. The molecule has 3 amide bonds. The summed E-state index contributed by atoms with van der Waals surface area (Å²) >= 11 is 0. The third kappa shape index (κ3) is 9.84. The third-order valence-corrected chi connectivity index (χ3v) is 5.20. The van der Waals surface area contributed by atoms with Crippen LogP contribution in [-0.4, -0.2) is 64.7 Å². The average molecular weight is 494 g/mol. The molecule has 1 aromatic rings.